The summed E-state index contributed by atoms with van der Waals surface area (Å²) in [6.07, 6.45) is 2.08. The fraction of sp³-hybridized carbons (Fsp3) is 0.375. The number of methoxy groups -OCH3 is 1. The molecule has 2 rings (SSSR count). The number of ether oxygens (including phenoxy) is 1. The molecule has 0 spiro atoms. The minimum atomic E-state index is -3.58. The Hall–Kier alpha value is -1.79. The Morgan fingerprint density at radius 2 is 1.91 bits per heavy atom. The van der Waals surface area contributed by atoms with Gasteiger partial charge in [-0.15, -0.1) is 0 Å². The zero-order chi connectivity index (χ0) is 16.3. The maximum Gasteiger partial charge on any atom is 0.240 e. The summed E-state index contributed by atoms with van der Waals surface area (Å²) in [5.41, 5.74) is 1.59. The van der Waals surface area contributed by atoms with Gasteiger partial charge in [0.1, 0.15) is 11.5 Å². The maximum atomic E-state index is 12.5. The third kappa shape index (κ3) is 3.69. The van der Waals surface area contributed by atoms with E-state index < -0.39 is 10.0 Å². The third-order valence-corrected chi connectivity index (χ3v) is 4.96. The Morgan fingerprint density at radius 3 is 2.41 bits per heavy atom. The molecule has 0 amide bonds. The van der Waals surface area contributed by atoms with Gasteiger partial charge in [0.2, 0.25) is 10.0 Å². The second-order valence-corrected chi connectivity index (χ2v) is 7.11. The largest absolute Gasteiger partial charge is 0.496 e. The predicted molar refractivity (Wildman–Crippen MR) is 84.7 cm³/mol. The molecule has 1 atom stereocenters. The normalized spacial score (nSPS) is 13.1. The Bertz CT molecular complexity index is 713. The van der Waals surface area contributed by atoms with Crippen LogP contribution in [0.5, 0.6) is 5.75 Å². The first-order valence-corrected chi connectivity index (χ1v) is 8.51. The Kier molecular flexibility index (Phi) is 4.93. The highest BCUT2D eigenvalue weighted by Crippen LogP contribution is 2.26. The minimum absolute atomic E-state index is 0.245. The summed E-state index contributed by atoms with van der Waals surface area (Å²) < 4.78 is 38.2. The molecule has 120 valence electrons. The Morgan fingerprint density at radius 1 is 1.27 bits per heavy atom. The molecule has 22 heavy (non-hydrogen) atoms. The van der Waals surface area contributed by atoms with Gasteiger partial charge >= 0.3 is 0 Å². The van der Waals surface area contributed by atoms with Gasteiger partial charge in [-0.2, -0.15) is 0 Å². The van der Waals surface area contributed by atoms with Crippen LogP contribution in [0.25, 0.3) is 0 Å². The van der Waals surface area contributed by atoms with Gasteiger partial charge in [-0.3, -0.25) is 0 Å². The van der Waals surface area contributed by atoms with Crippen LogP contribution in [0.4, 0.5) is 0 Å². The van der Waals surface area contributed by atoms with Crippen molar-refractivity contribution in [3.63, 3.8) is 0 Å². The fourth-order valence-corrected chi connectivity index (χ4v) is 3.91. The van der Waals surface area contributed by atoms with Crippen molar-refractivity contribution in [2.24, 2.45) is 0 Å². The number of hydrogen-bond acceptors (Lipinski definition) is 4. The van der Waals surface area contributed by atoms with Gasteiger partial charge in [-0.25, -0.2) is 13.1 Å². The average Bonchev–Trinajstić information content (AvgIpc) is 2.90. The van der Waals surface area contributed by atoms with Crippen molar-refractivity contribution in [3.05, 3.63) is 47.4 Å². The van der Waals surface area contributed by atoms with Crippen molar-refractivity contribution in [3.8, 4) is 5.75 Å². The van der Waals surface area contributed by atoms with Crippen LogP contribution < -0.4 is 9.46 Å². The summed E-state index contributed by atoms with van der Waals surface area (Å²) in [5.74, 6) is 1.46. The van der Waals surface area contributed by atoms with E-state index in [1.807, 2.05) is 26.8 Å². The van der Waals surface area contributed by atoms with Gasteiger partial charge in [0, 0.05) is 12.5 Å². The zero-order valence-electron chi connectivity index (χ0n) is 13.2. The summed E-state index contributed by atoms with van der Waals surface area (Å²) in [4.78, 5) is 0.245. The SMILES string of the molecule is COc1c(C)cc(S(=O)(=O)N[C@@H](C)Cc2ccco2)cc1C. The van der Waals surface area contributed by atoms with E-state index in [2.05, 4.69) is 4.72 Å². The molecule has 2 aromatic rings. The first kappa shape index (κ1) is 16.6. The van der Waals surface area contributed by atoms with Gasteiger partial charge in [0.25, 0.3) is 0 Å². The van der Waals surface area contributed by atoms with E-state index in [-0.39, 0.29) is 10.9 Å². The molecule has 1 N–H and O–H groups in total. The highest BCUT2D eigenvalue weighted by atomic mass is 32.2. The molecule has 1 aromatic carbocycles. The molecule has 0 aliphatic rings. The summed E-state index contributed by atoms with van der Waals surface area (Å²) in [6.45, 7) is 5.47. The number of furan rings is 1. The van der Waals surface area contributed by atoms with Crippen LogP contribution in [0.3, 0.4) is 0 Å². The first-order chi connectivity index (χ1) is 10.3. The van der Waals surface area contributed by atoms with Crippen molar-refractivity contribution < 1.29 is 17.6 Å². The highest BCUT2D eigenvalue weighted by molar-refractivity contribution is 7.89. The van der Waals surface area contributed by atoms with Crippen molar-refractivity contribution in [1.82, 2.24) is 4.72 Å². The molecule has 0 radical (unpaired) electrons. The molecule has 0 saturated heterocycles. The summed E-state index contributed by atoms with van der Waals surface area (Å²) in [6, 6.07) is 6.58. The number of sulfonamides is 1. The second kappa shape index (κ2) is 6.54. The number of benzene rings is 1. The molecule has 0 saturated carbocycles. The van der Waals surface area contributed by atoms with Crippen molar-refractivity contribution >= 4 is 10.0 Å². The lowest BCUT2D eigenvalue weighted by Gasteiger charge is -2.15. The van der Waals surface area contributed by atoms with E-state index in [0.29, 0.717) is 12.2 Å². The molecule has 0 unspecified atom stereocenters. The lowest BCUT2D eigenvalue weighted by molar-refractivity contribution is 0.408. The van der Waals surface area contributed by atoms with Crippen molar-refractivity contribution in [1.29, 1.82) is 0 Å². The van der Waals surface area contributed by atoms with Crippen LogP contribution >= 0.6 is 0 Å². The molecule has 0 bridgehead atoms. The monoisotopic (exact) mass is 323 g/mol. The molecule has 6 heteroatoms. The standard InChI is InChI=1S/C16H21NO4S/c1-11-8-15(9-12(2)16(11)20-4)22(18,19)17-13(3)10-14-6-5-7-21-14/h5-9,13,17H,10H2,1-4H3/t13-/m0/s1. The van der Waals surface area contributed by atoms with Crippen LogP contribution in [0, 0.1) is 13.8 Å². The predicted octanol–water partition coefficient (Wildman–Crippen LogP) is 2.81. The molecule has 1 aromatic heterocycles. The van der Waals surface area contributed by atoms with Gasteiger partial charge < -0.3 is 9.15 Å². The second-order valence-electron chi connectivity index (χ2n) is 5.40. The van der Waals surface area contributed by atoms with Gasteiger partial charge in [-0.05, 0) is 56.2 Å². The van der Waals surface area contributed by atoms with Crippen LogP contribution in [-0.2, 0) is 16.4 Å². The molecular weight excluding hydrogens is 302 g/mol. The number of nitrogens with one attached hydrogen (secondary N) is 1. The van der Waals surface area contributed by atoms with E-state index in [1.165, 1.54) is 0 Å². The van der Waals surface area contributed by atoms with Crippen LogP contribution in [0.2, 0.25) is 0 Å². The molecular formula is C16H21NO4S. The molecule has 0 aliphatic heterocycles. The molecule has 5 nitrogen and oxygen atoms in total. The summed E-state index contributed by atoms with van der Waals surface area (Å²) >= 11 is 0. The summed E-state index contributed by atoms with van der Waals surface area (Å²) in [5, 5.41) is 0. The van der Waals surface area contributed by atoms with E-state index in [4.69, 9.17) is 9.15 Å². The number of hydrogen-bond donors (Lipinski definition) is 1. The molecule has 1 heterocycles. The highest BCUT2D eigenvalue weighted by Gasteiger charge is 2.20. The van der Waals surface area contributed by atoms with Gasteiger partial charge in [0.05, 0.1) is 18.3 Å². The van der Waals surface area contributed by atoms with Crippen molar-refractivity contribution in [2.75, 3.05) is 7.11 Å². The van der Waals surface area contributed by atoms with E-state index >= 15 is 0 Å². The Balaban J connectivity index is 2.19. The molecule has 0 aliphatic carbocycles. The van der Waals surface area contributed by atoms with E-state index in [9.17, 15) is 8.42 Å². The first-order valence-electron chi connectivity index (χ1n) is 7.03. The van der Waals surface area contributed by atoms with Crippen LogP contribution in [0.1, 0.15) is 23.8 Å². The van der Waals surface area contributed by atoms with Crippen LogP contribution in [-0.4, -0.2) is 21.6 Å². The van der Waals surface area contributed by atoms with E-state index in [0.717, 1.165) is 16.9 Å². The molecule has 0 fully saturated rings. The smallest absolute Gasteiger partial charge is 0.240 e. The minimum Gasteiger partial charge on any atom is -0.496 e. The lowest BCUT2D eigenvalue weighted by Crippen LogP contribution is -2.34. The number of aryl methyl sites for hydroxylation is 2. The van der Waals surface area contributed by atoms with Gasteiger partial charge in [-0.1, -0.05) is 0 Å². The lowest BCUT2D eigenvalue weighted by atomic mass is 10.1. The Labute approximate surface area is 131 Å². The average molecular weight is 323 g/mol. The third-order valence-electron chi connectivity index (χ3n) is 3.39. The van der Waals surface area contributed by atoms with Crippen LogP contribution in [0.15, 0.2) is 39.8 Å². The maximum absolute atomic E-state index is 12.5. The summed E-state index contributed by atoms with van der Waals surface area (Å²) in [7, 11) is -2.00. The quantitative estimate of drug-likeness (QED) is 0.887. The van der Waals surface area contributed by atoms with Gasteiger partial charge in [0.15, 0.2) is 0 Å². The topological polar surface area (TPSA) is 68.5 Å². The van der Waals surface area contributed by atoms with E-state index in [1.54, 1.807) is 31.6 Å². The van der Waals surface area contributed by atoms with Crippen molar-refractivity contribution in [2.45, 2.75) is 38.1 Å². The fourth-order valence-electron chi connectivity index (χ4n) is 2.49. The zero-order valence-corrected chi connectivity index (χ0v) is 14.0. The number of rotatable bonds is 6.